The first-order chi connectivity index (χ1) is 11.2. The first-order valence-electron chi connectivity index (χ1n) is 7.16. The molecule has 0 N–H and O–H groups in total. The molecule has 0 fully saturated rings. The molecule has 0 atom stereocenters. The Kier molecular flexibility index (Phi) is 4.45. The fourth-order valence-electron chi connectivity index (χ4n) is 2.48. The van der Waals surface area contributed by atoms with Gasteiger partial charge in [0.05, 0.1) is 23.2 Å². The van der Waals surface area contributed by atoms with Gasteiger partial charge in [-0.2, -0.15) is 5.26 Å². The predicted molar refractivity (Wildman–Crippen MR) is 98.1 cm³/mol. The van der Waals surface area contributed by atoms with E-state index in [1.54, 1.807) is 7.11 Å². The minimum absolute atomic E-state index is 0.632. The van der Waals surface area contributed by atoms with E-state index in [1.807, 2.05) is 54.6 Å². The molecule has 0 aliphatic heterocycles. The van der Waals surface area contributed by atoms with E-state index in [2.05, 4.69) is 34.1 Å². The maximum atomic E-state index is 9.53. The summed E-state index contributed by atoms with van der Waals surface area (Å²) in [7, 11) is 1.63. The lowest BCUT2D eigenvalue weighted by Crippen LogP contribution is -1.86. The molecule has 0 aliphatic carbocycles. The van der Waals surface area contributed by atoms with Gasteiger partial charge in [0, 0.05) is 0 Å². The van der Waals surface area contributed by atoms with Crippen molar-refractivity contribution in [2.24, 2.45) is 0 Å². The Hall–Kier alpha value is -2.57. The van der Waals surface area contributed by atoms with Crippen molar-refractivity contribution < 1.29 is 4.74 Å². The lowest BCUT2D eigenvalue weighted by atomic mass is 10.0. The van der Waals surface area contributed by atoms with Gasteiger partial charge in [0.2, 0.25) is 0 Å². The molecule has 3 heteroatoms. The molecule has 0 unspecified atom stereocenters. The molecule has 0 saturated heterocycles. The molecule has 2 nitrogen and oxygen atoms in total. The van der Waals surface area contributed by atoms with Crippen LogP contribution in [-0.2, 0) is 0 Å². The van der Waals surface area contributed by atoms with E-state index in [0.29, 0.717) is 5.57 Å². The molecule has 0 bridgehead atoms. The van der Waals surface area contributed by atoms with Gasteiger partial charge < -0.3 is 4.74 Å². The molecule has 0 aliphatic rings. The number of ether oxygens (including phenoxy) is 1. The van der Waals surface area contributed by atoms with Crippen molar-refractivity contribution in [1.29, 1.82) is 5.26 Å². The summed E-state index contributed by atoms with van der Waals surface area (Å²) in [6, 6.07) is 22.2. The first kappa shape index (κ1) is 15.3. The molecule has 3 aromatic carbocycles. The third-order valence-corrected chi connectivity index (χ3v) is 4.29. The summed E-state index contributed by atoms with van der Waals surface area (Å²) >= 11 is 3.47. The summed E-state index contributed by atoms with van der Waals surface area (Å²) in [6.45, 7) is 0. The van der Waals surface area contributed by atoms with Gasteiger partial charge in [0.1, 0.15) is 5.75 Å². The van der Waals surface area contributed by atoms with Crippen LogP contribution in [0, 0.1) is 11.3 Å². The third kappa shape index (κ3) is 3.28. The number of rotatable bonds is 3. The fraction of sp³-hybridized carbons (Fsp3) is 0.0500. The molecule has 0 spiro atoms. The van der Waals surface area contributed by atoms with Gasteiger partial charge in [0.25, 0.3) is 0 Å². The number of hydrogen-bond donors (Lipinski definition) is 0. The molecule has 0 aromatic heterocycles. The smallest absolute Gasteiger partial charge is 0.133 e. The van der Waals surface area contributed by atoms with Gasteiger partial charge in [-0.3, -0.25) is 0 Å². The van der Waals surface area contributed by atoms with Crippen molar-refractivity contribution in [2.45, 2.75) is 0 Å². The zero-order valence-electron chi connectivity index (χ0n) is 12.6. The first-order valence-corrected chi connectivity index (χ1v) is 7.95. The number of hydrogen-bond acceptors (Lipinski definition) is 2. The predicted octanol–water partition coefficient (Wildman–Crippen LogP) is 5.68. The van der Waals surface area contributed by atoms with Crippen molar-refractivity contribution in [3.05, 3.63) is 76.3 Å². The summed E-state index contributed by atoms with van der Waals surface area (Å²) in [5, 5.41) is 11.8. The van der Waals surface area contributed by atoms with Crippen LogP contribution >= 0.6 is 15.9 Å². The number of methoxy groups -OCH3 is 1. The Labute approximate surface area is 143 Å². The molecule has 112 valence electrons. The number of nitrogens with zero attached hydrogens (tertiary/aromatic N) is 1. The maximum Gasteiger partial charge on any atom is 0.133 e. The van der Waals surface area contributed by atoms with Crippen LogP contribution in [0.4, 0.5) is 0 Å². The lowest BCUT2D eigenvalue weighted by molar-refractivity contribution is 0.412. The minimum atomic E-state index is 0.632. The Morgan fingerprint density at radius 1 is 1.04 bits per heavy atom. The molecule has 0 saturated carbocycles. The third-order valence-electron chi connectivity index (χ3n) is 3.67. The van der Waals surface area contributed by atoms with Crippen LogP contribution in [0.3, 0.4) is 0 Å². The van der Waals surface area contributed by atoms with Gasteiger partial charge in [-0.05, 0) is 62.1 Å². The number of benzene rings is 3. The quantitative estimate of drug-likeness (QED) is 0.443. The highest BCUT2D eigenvalue weighted by molar-refractivity contribution is 9.10. The van der Waals surface area contributed by atoms with E-state index >= 15 is 0 Å². The Balaban J connectivity index is 2.04. The molecule has 0 heterocycles. The summed E-state index contributed by atoms with van der Waals surface area (Å²) in [4.78, 5) is 0. The van der Waals surface area contributed by atoms with Gasteiger partial charge in [-0.1, -0.05) is 42.5 Å². The molecular weight excluding hydrogens is 350 g/mol. The highest BCUT2D eigenvalue weighted by atomic mass is 79.9. The highest BCUT2D eigenvalue weighted by Gasteiger charge is 2.05. The largest absolute Gasteiger partial charge is 0.496 e. The van der Waals surface area contributed by atoms with Crippen LogP contribution in [0.1, 0.15) is 11.1 Å². The molecule has 3 rings (SSSR count). The number of fused-ring (bicyclic) bond motifs is 1. The molecule has 0 radical (unpaired) electrons. The Morgan fingerprint density at radius 3 is 2.52 bits per heavy atom. The summed E-state index contributed by atoms with van der Waals surface area (Å²) < 4.78 is 6.10. The van der Waals surface area contributed by atoms with Crippen molar-refractivity contribution in [3.63, 3.8) is 0 Å². The van der Waals surface area contributed by atoms with Crippen LogP contribution in [-0.4, -0.2) is 7.11 Å². The second-order valence-electron chi connectivity index (χ2n) is 5.13. The van der Waals surface area contributed by atoms with E-state index in [0.717, 1.165) is 26.7 Å². The van der Waals surface area contributed by atoms with E-state index in [4.69, 9.17) is 4.74 Å². The van der Waals surface area contributed by atoms with E-state index in [1.165, 1.54) is 5.39 Å². The monoisotopic (exact) mass is 363 g/mol. The van der Waals surface area contributed by atoms with Crippen LogP contribution < -0.4 is 4.74 Å². The van der Waals surface area contributed by atoms with Crippen molar-refractivity contribution in [2.75, 3.05) is 7.11 Å². The number of halogens is 1. The number of nitriles is 1. The van der Waals surface area contributed by atoms with Gasteiger partial charge in [-0.25, -0.2) is 0 Å². The SMILES string of the molecule is COc1ccc(/C=C(/C#N)c2ccc3ccccc3c2)cc1Br. The maximum absolute atomic E-state index is 9.53. The van der Waals surface area contributed by atoms with Gasteiger partial charge in [-0.15, -0.1) is 0 Å². The average molecular weight is 364 g/mol. The van der Waals surface area contributed by atoms with Crippen LogP contribution in [0.25, 0.3) is 22.4 Å². The number of allylic oxidation sites excluding steroid dienone is 1. The zero-order chi connectivity index (χ0) is 16.2. The van der Waals surface area contributed by atoms with Crippen LogP contribution in [0.5, 0.6) is 5.75 Å². The minimum Gasteiger partial charge on any atom is -0.496 e. The van der Waals surface area contributed by atoms with Gasteiger partial charge >= 0.3 is 0 Å². The van der Waals surface area contributed by atoms with Crippen molar-refractivity contribution in [3.8, 4) is 11.8 Å². The molecule has 0 amide bonds. The van der Waals surface area contributed by atoms with Crippen LogP contribution in [0.15, 0.2) is 65.1 Å². The van der Waals surface area contributed by atoms with Gasteiger partial charge in [0.15, 0.2) is 0 Å². The lowest BCUT2D eigenvalue weighted by Gasteiger charge is -2.05. The molecule has 3 aromatic rings. The van der Waals surface area contributed by atoms with Crippen LogP contribution in [0.2, 0.25) is 0 Å². The second kappa shape index (κ2) is 6.68. The zero-order valence-corrected chi connectivity index (χ0v) is 14.2. The molecular formula is C20H14BrNO. The average Bonchev–Trinajstić information content (AvgIpc) is 2.59. The second-order valence-corrected chi connectivity index (χ2v) is 5.98. The highest BCUT2D eigenvalue weighted by Crippen LogP contribution is 2.28. The Morgan fingerprint density at radius 2 is 1.83 bits per heavy atom. The van der Waals surface area contributed by atoms with Crippen molar-refractivity contribution in [1.82, 2.24) is 0 Å². The van der Waals surface area contributed by atoms with Crippen molar-refractivity contribution >= 4 is 38.4 Å². The Bertz CT molecular complexity index is 938. The molecule has 23 heavy (non-hydrogen) atoms. The van der Waals surface area contributed by atoms with E-state index in [9.17, 15) is 5.26 Å². The van der Waals surface area contributed by atoms with E-state index in [-0.39, 0.29) is 0 Å². The standard InChI is InChI=1S/C20H14BrNO/c1-23-20-9-6-14(11-19(20)21)10-18(13-22)17-8-7-15-4-2-3-5-16(15)12-17/h2-12H,1H3/b18-10-. The normalized spacial score (nSPS) is 11.3. The topological polar surface area (TPSA) is 33.0 Å². The van der Waals surface area contributed by atoms with E-state index < -0.39 is 0 Å². The summed E-state index contributed by atoms with van der Waals surface area (Å²) in [5.74, 6) is 0.770. The summed E-state index contributed by atoms with van der Waals surface area (Å²) in [6.07, 6.45) is 1.88. The fourth-order valence-corrected chi connectivity index (χ4v) is 3.03. The summed E-state index contributed by atoms with van der Waals surface area (Å²) in [5.41, 5.74) is 2.49.